The summed E-state index contributed by atoms with van der Waals surface area (Å²) in [5.74, 6) is 0.771. The quantitative estimate of drug-likeness (QED) is 0.514. The number of amides is 1. The maximum Gasteiger partial charge on any atom is 0.239 e. The van der Waals surface area contributed by atoms with Crippen molar-refractivity contribution in [1.29, 1.82) is 0 Å². The van der Waals surface area contributed by atoms with Crippen LogP contribution in [0.4, 0.5) is 4.39 Å². The molecule has 2 aliphatic rings. The lowest BCUT2D eigenvalue weighted by atomic mass is 9.88. The van der Waals surface area contributed by atoms with Gasteiger partial charge in [-0.1, -0.05) is 17.7 Å². The first kappa shape index (κ1) is 27.6. The third kappa shape index (κ3) is 7.13. The van der Waals surface area contributed by atoms with Crippen molar-refractivity contribution in [1.82, 2.24) is 14.7 Å². The number of carbonyl (C=O) groups is 1. The van der Waals surface area contributed by atoms with Crippen LogP contribution in [0.25, 0.3) is 0 Å². The van der Waals surface area contributed by atoms with E-state index in [2.05, 4.69) is 9.80 Å². The largest absolute Gasteiger partial charge is 0.508 e. The molecule has 0 bridgehead atoms. The highest BCUT2D eigenvalue weighted by Gasteiger charge is 2.33. The summed E-state index contributed by atoms with van der Waals surface area (Å²) < 4.78 is 20.0. The number of rotatable bonds is 9. The Morgan fingerprint density at radius 3 is 2.57 bits per heavy atom. The van der Waals surface area contributed by atoms with Crippen molar-refractivity contribution in [2.24, 2.45) is 11.7 Å². The number of phenolic OH excluding ortho intramolecular Hbond substituents is 1. The van der Waals surface area contributed by atoms with Gasteiger partial charge in [-0.25, -0.2) is 4.39 Å². The summed E-state index contributed by atoms with van der Waals surface area (Å²) in [6.45, 7) is 7.96. The molecule has 1 amide bonds. The topological polar surface area (TPSA) is 82.3 Å². The van der Waals surface area contributed by atoms with E-state index in [9.17, 15) is 14.3 Å². The molecule has 0 unspecified atom stereocenters. The van der Waals surface area contributed by atoms with Crippen molar-refractivity contribution in [3.8, 4) is 11.5 Å². The van der Waals surface area contributed by atoms with Crippen LogP contribution in [0.1, 0.15) is 30.9 Å². The molecule has 4 rings (SSSR count). The summed E-state index contributed by atoms with van der Waals surface area (Å²) in [6.07, 6.45) is 2.48. The zero-order valence-corrected chi connectivity index (χ0v) is 22.3. The number of nitrogens with two attached hydrogens (primary N) is 1. The SMILES string of the molecule is CCOc1cccc(F)c1CN1CCN(C(=O)[C@H](N)C2CCN(CCc3cc(Cl)ccc3O)CC2)CC1. The molecule has 9 heteroatoms. The summed E-state index contributed by atoms with van der Waals surface area (Å²) in [7, 11) is 0. The average molecular weight is 533 g/mol. The van der Waals surface area contributed by atoms with Gasteiger partial charge >= 0.3 is 0 Å². The van der Waals surface area contributed by atoms with Gasteiger partial charge in [0.05, 0.1) is 12.6 Å². The van der Waals surface area contributed by atoms with Gasteiger partial charge in [0.15, 0.2) is 0 Å². The lowest BCUT2D eigenvalue weighted by Gasteiger charge is -2.39. The molecular weight excluding hydrogens is 495 g/mol. The zero-order valence-electron chi connectivity index (χ0n) is 21.5. The van der Waals surface area contributed by atoms with Crippen molar-refractivity contribution in [3.05, 3.63) is 58.4 Å². The van der Waals surface area contributed by atoms with Crippen LogP contribution in [0.3, 0.4) is 0 Å². The number of phenols is 1. The summed E-state index contributed by atoms with van der Waals surface area (Å²) in [6, 6.07) is 9.55. The molecule has 2 fully saturated rings. The standard InChI is InChI=1S/C28H38ClFN4O3/c1-2-37-26-5-3-4-24(30)23(26)19-33-14-16-34(17-15-33)28(36)27(31)20-8-11-32(12-9-20)13-10-21-18-22(29)6-7-25(21)35/h3-7,18,20,27,35H,2,8-17,19,31H2,1H3/t27-/m1/s1. The molecule has 0 radical (unpaired) electrons. The van der Waals surface area contributed by atoms with Crippen LogP contribution >= 0.6 is 11.6 Å². The van der Waals surface area contributed by atoms with Crippen LogP contribution in [-0.2, 0) is 17.8 Å². The lowest BCUT2D eigenvalue weighted by Crippen LogP contribution is -2.55. The number of nitrogens with zero attached hydrogens (tertiary/aromatic N) is 3. The number of piperazine rings is 1. The second-order valence-electron chi connectivity index (χ2n) is 9.98. The van der Waals surface area contributed by atoms with Crippen molar-refractivity contribution in [2.75, 3.05) is 52.4 Å². The highest BCUT2D eigenvalue weighted by atomic mass is 35.5. The van der Waals surface area contributed by atoms with E-state index < -0.39 is 6.04 Å². The van der Waals surface area contributed by atoms with E-state index in [4.69, 9.17) is 22.1 Å². The molecule has 3 N–H and O–H groups in total. The molecule has 202 valence electrons. The molecule has 1 atom stereocenters. The molecule has 0 saturated carbocycles. The van der Waals surface area contributed by atoms with Crippen molar-refractivity contribution in [2.45, 2.75) is 38.8 Å². The molecule has 0 aromatic heterocycles. The maximum absolute atomic E-state index is 14.4. The number of aromatic hydroxyl groups is 1. The Morgan fingerprint density at radius 1 is 1.14 bits per heavy atom. The van der Waals surface area contributed by atoms with Gasteiger partial charge in [0.1, 0.15) is 17.3 Å². The van der Waals surface area contributed by atoms with Crippen molar-refractivity contribution < 1.29 is 19.0 Å². The van der Waals surface area contributed by atoms with Gasteiger partial charge in [-0.2, -0.15) is 0 Å². The Balaban J connectivity index is 1.21. The molecule has 7 nitrogen and oxygen atoms in total. The summed E-state index contributed by atoms with van der Waals surface area (Å²) >= 11 is 6.06. The van der Waals surface area contributed by atoms with E-state index in [0.29, 0.717) is 55.7 Å². The maximum atomic E-state index is 14.4. The van der Waals surface area contributed by atoms with Gasteiger partial charge in [0.2, 0.25) is 5.91 Å². The predicted octanol–water partition coefficient (Wildman–Crippen LogP) is 3.51. The van der Waals surface area contributed by atoms with Gasteiger partial charge in [0, 0.05) is 49.9 Å². The first-order valence-corrected chi connectivity index (χ1v) is 13.6. The van der Waals surface area contributed by atoms with E-state index in [1.165, 1.54) is 6.07 Å². The minimum atomic E-state index is -0.498. The monoisotopic (exact) mass is 532 g/mol. The number of likely N-dealkylation sites (tertiary alicyclic amines) is 1. The van der Waals surface area contributed by atoms with Crippen LogP contribution in [0.2, 0.25) is 5.02 Å². The van der Waals surface area contributed by atoms with Gasteiger partial charge in [0.25, 0.3) is 0 Å². The number of benzene rings is 2. The van der Waals surface area contributed by atoms with E-state index in [1.807, 2.05) is 17.9 Å². The van der Waals surface area contributed by atoms with E-state index in [1.54, 1.807) is 24.3 Å². The Morgan fingerprint density at radius 2 is 1.86 bits per heavy atom. The molecule has 37 heavy (non-hydrogen) atoms. The number of halogens is 2. The number of hydrogen-bond acceptors (Lipinski definition) is 6. The molecular formula is C28H38ClFN4O3. The second kappa shape index (κ2) is 12.9. The van der Waals surface area contributed by atoms with Crippen LogP contribution in [0.15, 0.2) is 36.4 Å². The van der Waals surface area contributed by atoms with Gasteiger partial charge in [-0.3, -0.25) is 9.69 Å². The molecule has 2 heterocycles. The molecule has 0 spiro atoms. The van der Waals surface area contributed by atoms with Crippen LogP contribution in [0, 0.1) is 11.7 Å². The lowest BCUT2D eigenvalue weighted by molar-refractivity contribution is -0.136. The predicted molar refractivity (Wildman–Crippen MR) is 143 cm³/mol. The van der Waals surface area contributed by atoms with Crippen LogP contribution in [0.5, 0.6) is 11.5 Å². The van der Waals surface area contributed by atoms with Gasteiger partial charge in [-0.15, -0.1) is 0 Å². The molecule has 2 aromatic carbocycles. The van der Waals surface area contributed by atoms with E-state index >= 15 is 0 Å². The number of carbonyl (C=O) groups excluding carboxylic acids is 1. The fourth-order valence-electron chi connectivity index (χ4n) is 5.31. The van der Waals surface area contributed by atoms with Gasteiger partial charge in [-0.05, 0) is 81.1 Å². The zero-order chi connectivity index (χ0) is 26.4. The number of hydrogen-bond donors (Lipinski definition) is 2. The fraction of sp³-hybridized carbons (Fsp3) is 0.536. The first-order chi connectivity index (χ1) is 17.9. The van der Waals surface area contributed by atoms with E-state index in [-0.39, 0.29) is 23.4 Å². The summed E-state index contributed by atoms with van der Waals surface area (Å²) in [4.78, 5) is 19.5. The Labute approximate surface area is 223 Å². The van der Waals surface area contributed by atoms with E-state index in [0.717, 1.165) is 44.5 Å². The summed E-state index contributed by atoms with van der Waals surface area (Å²) in [5.41, 5.74) is 7.88. The third-order valence-electron chi connectivity index (χ3n) is 7.61. The Kier molecular flexibility index (Phi) is 9.65. The second-order valence-corrected chi connectivity index (χ2v) is 10.4. The smallest absolute Gasteiger partial charge is 0.239 e. The van der Waals surface area contributed by atoms with Crippen molar-refractivity contribution in [3.63, 3.8) is 0 Å². The fourth-order valence-corrected chi connectivity index (χ4v) is 5.51. The highest BCUT2D eigenvalue weighted by Crippen LogP contribution is 2.26. The minimum Gasteiger partial charge on any atom is -0.508 e. The molecule has 2 aromatic rings. The molecule has 2 aliphatic heterocycles. The average Bonchev–Trinajstić information content (AvgIpc) is 2.91. The Hall–Kier alpha value is -2.39. The van der Waals surface area contributed by atoms with Gasteiger partial charge < -0.3 is 25.4 Å². The third-order valence-corrected chi connectivity index (χ3v) is 7.84. The number of ether oxygens (including phenoxy) is 1. The minimum absolute atomic E-state index is 0.0165. The normalized spacial score (nSPS) is 18.6. The van der Waals surface area contributed by atoms with Crippen LogP contribution < -0.4 is 10.5 Å². The van der Waals surface area contributed by atoms with Crippen molar-refractivity contribution >= 4 is 17.5 Å². The first-order valence-electron chi connectivity index (χ1n) is 13.2. The number of piperidine rings is 1. The molecule has 0 aliphatic carbocycles. The van der Waals surface area contributed by atoms with Crippen LogP contribution in [-0.4, -0.2) is 84.2 Å². The highest BCUT2D eigenvalue weighted by molar-refractivity contribution is 6.30. The Bertz CT molecular complexity index is 1060. The summed E-state index contributed by atoms with van der Waals surface area (Å²) in [5, 5.41) is 10.7. The molecule has 2 saturated heterocycles.